The van der Waals surface area contributed by atoms with E-state index < -0.39 is 23.5 Å². The molecule has 1 aliphatic heterocycles. The SMILES string of the molecule is COC(=O)[C@@H]1C[C@@H](OCCCOCc2ccccc2)CN1C(=O)[C@@H](N)C(C)(C)C. The lowest BCUT2D eigenvalue weighted by molar-refractivity contribution is -0.152. The second kappa shape index (κ2) is 10.7. The molecule has 0 aliphatic carbocycles. The van der Waals surface area contributed by atoms with Crippen LogP contribution in [0.5, 0.6) is 0 Å². The maximum atomic E-state index is 12.8. The molecule has 1 aliphatic rings. The third kappa shape index (κ3) is 6.80. The number of nitrogens with two attached hydrogens (primary N) is 1. The Morgan fingerprint density at radius 2 is 1.90 bits per heavy atom. The normalized spacial score (nSPS) is 20.5. The van der Waals surface area contributed by atoms with E-state index in [1.54, 1.807) is 0 Å². The second-order valence-electron chi connectivity index (χ2n) is 8.49. The molecule has 0 unspecified atom stereocenters. The van der Waals surface area contributed by atoms with Crippen molar-refractivity contribution in [2.45, 2.75) is 58.4 Å². The molecule has 29 heavy (non-hydrogen) atoms. The fourth-order valence-electron chi connectivity index (χ4n) is 3.25. The van der Waals surface area contributed by atoms with Crippen molar-refractivity contribution in [3.63, 3.8) is 0 Å². The lowest BCUT2D eigenvalue weighted by Crippen LogP contribution is -2.53. The van der Waals surface area contributed by atoms with Crippen molar-refractivity contribution in [1.29, 1.82) is 0 Å². The molecule has 7 heteroatoms. The van der Waals surface area contributed by atoms with Gasteiger partial charge in [0.25, 0.3) is 0 Å². The van der Waals surface area contributed by atoms with Gasteiger partial charge in [0, 0.05) is 26.2 Å². The molecular weight excluding hydrogens is 372 g/mol. The van der Waals surface area contributed by atoms with Crippen LogP contribution in [0, 0.1) is 5.41 Å². The first kappa shape index (κ1) is 23.3. The van der Waals surface area contributed by atoms with E-state index in [0.717, 1.165) is 12.0 Å². The number of carbonyl (C=O) groups excluding carboxylic acids is 2. The Labute approximate surface area is 173 Å². The monoisotopic (exact) mass is 406 g/mol. The highest BCUT2D eigenvalue weighted by Gasteiger charge is 2.44. The number of carbonyl (C=O) groups is 2. The number of amides is 1. The number of methoxy groups -OCH3 is 1. The zero-order valence-electron chi connectivity index (χ0n) is 17.9. The Kier molecular flexibility index (Phi) is 8.61. The third-order valence-electron chi connectivity index (χ3n) is 5.12. The number of rotatable bonds is 9. The number of hydrogen-bond acceptors (Lipinski definition) is 6. The van der Waals surface area contributed by atoms with Gasteiger partial charge in [-0.3, -0.25) is 4.79 Å². The Bertz CT molecular complexity index is 659. The van der Waals surface area contributed by atoms with Crippen LogP contribution in [0.2, 0.25) is 0 Å². The minimum Gasteiger partial charge on any atom is -0.467 e. The topological polar surface area (TPSA) is 91.1 Å². The van der Waals surface area contributed by atoms with E-state index in [1.807, 2.05) is 51.1 Å². The van der Waals surface area contributed by atoms with Crippen LogP contribution < -0.4 is 5.73 Å². The van der Waals surface area contributed by atoms with Crippen molar-refractivity contribution < 1.29 is 23.8 Å². The van der Waals surface area contributed by atoms with Gasteiger partial charge in [-0.2, -0.15) is 0 Å². The largest absolute Gasteiger partial charge is 0.467 e. The minimum atomic E-state index is -0.695. The molecule has 3 atom stereocenters. The van der Waals surface area contributed by atoms with Crippen LogP contribution in [-0.2, 0) is 30.4 Å². The molecule has 7 nitrogen and oxygen atoms in total. The smallest absolute Gasteiger partial charge is 0.328 e. The van der Waals surface area contributed by atoms with E-state index in [2.05, 4.69) is 0 Å². The van der Waals surface area contributed by atoms with E-state index in [1.165, 1.54) is 12.0 Å². The molecule has 0 aromatic heterocycles. The summed E-state index contributed by atoms with van der Waals surface area (Å²) in [6.45, 7) is 7.71. The molecule has 1 aromatic carbocycles. The third-order valence-corrected chi connectivity index (χ3v) is 5.12. The lowest BCUT2D eigenvalue weighted by atomic mass is 9.86. The quantitative estimate of drug-likeness (QED) is 0.499. The van der Waals surface area contributed by atoms with Gasteiger partial charge in [-0.1, -0.05) is 51.1 Å². The van der Waals surface area contributed by atoms with Gasteiger partial charge in [0.05, 0.1) is 25.9 Å². The van der Waals surface area contributed by atoms with Crippen molar-refractivity contribution in [1.82, 2.24) is 4.90 Å². The van der Waals surface area contributed by atoms with Gasteiger partial charge in [-0.25, -0.2) is 4.79 Å². The summed E-state index contributed by atoms with van der Waals surface area (Å²) in [5.74, 6) is -0.679. The maximum Gasteiger partial charge on any atom is 0.328 e. The van der Waals surface area contributed by atoms with Gasteiger partial charge < -0.3 is 24.8 Å². The highest BCUT2D eigenvalue weighted by molar-refractivity contribution is 5.88. The summed E-state index contributed by atoms with van der Waals surface area (Å²) in [6.07, 6.45) is 0.936. The van der Waals surface area contributed by atoms with E-state index in [4.69, 9.17) is 19.9 Å². The minimum absolute atomic E-state index is 0.218. The number of hydrogen-bond donors (Lipinski definition) is 1. The average Bonchev–Trinajstić information content (AvgIpc) is 3.13. The van der Waals surface area contributed by atoms with Crippen molar-refractivity contribution in [3.05, 3.63) is 35.9 Å². The van der Waals surface area contributed by atoms with Crippen molar-refractivity contribution in [2.24, 2.45) is 11.1 Å². The summed E-state index contributed by atoms with van der Waals surface area (Å²) in [4.78, 5) is 26.5. The number of ether oxygens (including phenoxy) is 3. The van der Waals surface area contributed by atoms with Crippen molar-refractivity contribution in [2.75, 3.05) is 26.9 Å². The molecule has 162 valence electrons. The van der Waals surface area contributed by atoms with E-state index in [9.17, 15) is 9.59 Å². The summed E-state index contributed by atoms with van der Waals surface area (Å²) in [6, 6.07) is 8.64. The van der Waals surface area contributed by atoms with Gasteiger partial charge >= 0.3 is 5.97 Å². The summed E-state index contributed by atoms with van der Waals surface area (Å²) in [7, 11) is 1.33. The first-order valence-corrected chi connectivity index (χ1v) is 10.1. The van der Waals surface area contributed by atoms with Crippen LogP contribution >= 0.6 is 0 Å². The molecule has 0 bridgehead atoms. The summed E-state index contributed by atoms with van der Waals surface area (Å²) in [5.41, 5.74) is 6.86. The van der Waals surface area contributed by atoms with E-state index >= 15 is 0 Å². The summed E-state index contributed by atoms with van der Waals surface area (Å²) >= 11 is 0. The molecule has 0 saturated carbocycles. The standard InChI is InChI=1S/C22H34N2O5/c1-22(2,3)19(23)20(25)24-14-17(13-18(24)21(26)27-4)29-12-8-11-28-15-16-9-6-5-7-10-16/h5-7,9-10,17-19H,8,11-15,23H2,1-4H3/t17-,18+,19-/m1/s1. The van der Waals surface area contributed by atoms with Crippen LogP contribution in [0.1, 0.15) is 39.2 Å². The van der Waals surface area contributed by atoms with Crippen LogP contribution in [0.3, 0.4) is 0 Å². The van der Waals surface area contributed by atoms with Gasteiger partial charge in [-0.05, 0) is 17.4 Å². The van der Waals surface area contributed by atoms with Crippen LogP contribution in [0.4, 0.5) is 0 Å². The zero-order valence-corrected chi connectivity index (χ0v) is 17.9. The molecule has 1 heterocycles. The Morgan fingerprint density at radius 1 is 1.21 bits per heavy atom. The predicted molar refractivity (Wildman–Crippen MR) is 110 cm³/mol. The number of nitrogens with zero attached hydrogens (tertiary/aromatic N) is 1. The zero-order chi connectivity index (χ0) is 21.4. The highest BCUT2D eigenvalue weighted by Crippen LogP contribution is 2.26. The Balaban J connectivity index is 1.79. The van der Waals surface area contributed by atoms with Gasteiger partial charge in [0.15, 0.2) is 0 Å². The lowest BCUT2D eigenvalue weighted by Gasteiger charge is -2.32. The fraction of sp³-hybridized carbons (Fsp3) is 0.636. The first-order valence-electron chi connectivity index (χ1n) is 10.1. The molecular formula is C22H34N2O5. The molecule has 1 amide bonds. The van der Waals surface area contributed by atoms with Gasteiger partial charge in [0.2, 0.25) is 5.91 Å². The molecule has 0 radical (unpaired) electrons. The Hall–Kier alpha value is -1.96. The Morgan fingerprint density at radius 3 is 2.52 bits per heavy atom. The van der Waals surface area contributed by atoms with Crippen molar-refractivity contribution >= 4 is 11.9 Å². The summed E-state index contributed by atoms with van der Waals surface area (Å²) in [5, 5.41) is 0. The molecule has 2 rings (SSSR count). The van der Waals surface area contributed by atoms with Crippen LogP contribution in [0.15, 0.2) is 30.3 Å². The second-order valence-corrected chi connectivity index (χ2v) is 8.49. The molecule has 1 fully saturated rings. The molecule has 0 spiro atoms. The molecule has 2 N–H and O–H groups in total. The van der Waals surface area contributed by atoms with Crippen LogP contribution in [-0.4, -0.2) is 61.8 Å². The van der Waals surface area contributed by atoms with Gasteiger partial charge in [0.1, 0.15) is 6.04 Å². The molecule has 1 saturated heterocycles. The average molecular weight is 407 g/mol. The summed E-state index contributed by atoms with van der Waals surface area (Å²) < 4.78 is 16.4. The maximum absolute atomic E-state index is 12.8. The number of esters is 1. The van der Waals surface area contributed by atoms with Crippen molar-refractivity contribution in [3.8, 4) is 0 Å². The first-order chi connectivity index (χ1) is 13.7. The van der Waals surface area contributed by atoms with Crippen LogP contribution in [0.25, 0.3) is 0 Å². The predicted octanol–water partition coefficient (Wildman–Crippen LogP) is 2.13. The highest BCUT2D eigenvalue weighted by atomic mass is 16.5. The molecule has 1 aromatic rings. The van der Waals surface area contributed by atoms with Gasteiger partial charge in [-0.15, -0.1) is 0 Å². The van der Waals surface area contributed by atoms with E-state index in [0.29, 0.717) is 32.8 Å². The number of benzene rings is 1. The van der Waals surface area contributed by atoms with E-state index in [-0.39, 0.29) is 12.0 Å². The fourth-order valence-corrected chi connectivity index (χ4v) is 3.25. The number of likely N-dealkylation sites (tertiary alicyclic amines) is 1.